The van der Waals surface area contributed by atoms with E-state index in [1.54, 1.807) is 0 Å². The molecule has 0 fully saturated rings. The number of halogens is 1. The van der Waals surface area contributed by atoms with E-state index < -0.39 is 14.1 Å². The monoisotopic (exact) mass is 209 g/mol. The molecule has 0 rings (SSSR count). The topological polar surface area (TPSA) is 52.3 Å². The fourth-order valence-electron chi connectivity index (χ4n) is 0.885. The lowest BCUT2D eigenvalue weighted by Crippen LogP contribution is -2.41. The van der Waals surface area contributed by atoms with Crippen molar-refractivity contribution >= 4 is 25.6 Å². The molecule has 2 N–H and O–H groups in total. The SMILES string of the molecule is COC(=O)[C@@H](N)C[Si](C)(C)CCl. The normalized spacial score (nSPS) is 14.1. The van der Waals surface area contributed by atoms with Gasteiger partial charge in [-0.15, -0.1) is 11.6 Å². The van der Waals surface area contributed by atoms with Crippen molar-refractivity contribution in [3.63, 3.8) is 0 Å². The molecule has 0 aromatic heterocycles. The van der Waals surface area contributed by atoms with Crippen LogP contribution in [0.25, 0.3) is 0 Å². The molecule has 0 aromatic carbocycles. The van der Waals surface area contributed by atoms with Gasteiger partial charge in [-0.2, -0.15) is 0 Å². The molecule has 0 saturated carbocycles. The third-order valence-electron chi connectivity index (χ3n) is 1.64. The molecular weight excluding hydrogens is 194 g/mol. The van der Waals surface area contributed by atoms with Crippen molar-refractivity contribution < 1.29 is 9.53 Å². The molecule has 0 unspecified atom stereocenters. The first-order chi connectivity index (χ1) is 5.43. The summed E-state index contributed by atoms with van der Waals surface area (Å²) in [6.07, 6.45) is 0. The zero-order valence-electron chi connectivity index (χ0n) is 7.76. The molecular formula is C7H16ClNO2Si. The Balaban J connectivity index is 3.99. The van der Waals surface area contributed by atoms with Gasteiger partial charge in [-0.25, -0.2) is 0 Å². The van der Waals surface area contributed by atoms with Crippen molar-refractivity contribution in [2.75, 3.05) is 12.6 Å². The van der Waals surface area contributed by atoms with Crippen LogP contribution >= 0.6 is 11.6 Å². The van der Waals surface area contributed by atoms with E-state index in [1.807, 2.05) is 0 Å². The first kappa shape index (κ1) is 11.9. The molecule has 0 bridgehead atoms. The minimum atomic E-state index is -1.48. The van der Waals surface area contributed by atoms with Crippen LogP contribution in [0, 0.1) is 0 Å². The number of hydrogen-bond acceptors (Lipinski definition) is 3. The summed E-state index contributed by atoms with van der Waals surface area (Å²) >= 11 is 5.74. The summed E-state index contributed by atoms with van der Waals surface area (Å²) in [7, 11) is -0.135. The van der Waals surface area contributed by atoms with E-state index in [4.69, 9.17) is 17.3 Å². The van der Waals surface area contributed by atoms with Gasteiger partial charge in [-0.05, 0) is 6.04 Å². The Kier molecular flexibility index (Phi) is 4.81. The molecule has 0 amide bonds. The number of nitrogens with two attached hydrogens (primary N) is 1. The molecule has 72 valence electrons. The molecule has 0 heterocycles. The van der Waals surface area contributed by atoms with Crippen LogP contribution in [-0.2, 0) is 9.53 Å². The average Bonchev–Trinajstić information content (AvgIpc) is 2.02. The molecule has 1 atom stereocenters. The summed E-state index contributed by atoms with van der Waals surface area (Å²) in [4.78, 5) is 10.9. The Hall–Kier alpha value is -0.0631. The Labute approximate surface area is 79.2 Å². The number of esters is 1. The van der Waals surface area contributed by atoms with Crippen LogP contribution in [0.4, 0.5) is 0 Å². The lowest BCUT2D eigenvalue weighted by Gasteiger charge is -2.21. The summed E-state index contributed by atoms with van der Waals surface area (Å²) in [5.74, 6) is -0.347. The van der Waals surface area contributed by atoms with Crippen LogP contribution in [0.3, 0.4) is 0 Å². The first-order valence-electron chi connectivity index (χ1n) is 3.82. The predicted molar refractivity (Wildman–Crippen MR) is 53.0 cm³/mol. The van der Waals surface area contributed by atoms with Crippen molar-refractivity contribution in [2.45, 2.75) is 25.2 Å². The summed E-state index contributed by atoms with van der Waals surface area (Å²) in [6.45, 7) is 4.20. The largest absolute Gasteiger partial charge is 0.468 e. The summed E-state index contributed by atoms with van der Waals surface area (Å²) in [5.41, 5.74) is 6.21. The summed E-state index contributed by atoms with van der Waals surface area (Å²) in [6, 6.07) is 0.179. The number of alkyl halides is 1. The second-order valence-corrected chi connectivity index (χ2v) is 9.44. The molecule has 0 aliphatic carbocycles. The Morgan fingerprint density at radius 2 is 2.17 bits per heavy atom. The van der Waals surface area contributed by atoms with Crippen molar-refractivity contribution in [3.05, 3.63) is 0 Å². The number of rotatable bonds is 4. The van der Waals surface area contributed by atoms with Crippen molar-refractivity contribution in [1.82, 2.24) is 0 Å². The van der Waals surface area contributed by atoms with E-state index in [-0.39, 0.29) is 5.97 Å². The summed E-state index contributed by atoms with van der Waals surface area (Å²) < 4.78 is 4.52. The maximum Gasteiger partial charge on any atom is 0.322 e. The number of ether oxygens (including phenoxy) is 1. The molecule has 0 aromatic rings. The third-order valence-corrected chi connectivity index (χ3v) is 6.08. The fourth-order valence-corrected chi connectivity index (χ4v) is 2.68. The smallest absolute Gasteiger partial charge is 0.322 e. The summed E-state index contributed by atoms with van der Waals surface area (Å²) in [5, 5.41) is 0. The second kappa shape index (κ2) is 4.84. The highest BCUT2D eigenvalue weighted by atomic mass is 35.5. The maximum atomic E-state index is 10.9. The van der Waals surface area contributed by atoms with Gasteiger partial charge in [0.15, 0.2) is 0 Å². The van der Waals surface area contributed by atoms with Crippen molar-refractivity contribution in [2.24, 2.45) is 5.73 Å². The maximum absolute atomic E-state index is 10.9. The number of methoxy groups -OCH3 is 1. The van der Waals surface area contributed by atoms with Gasteiger partial charge >= 0.3 is 5.97 Å². The number of hydrogen-bond donors (Lipinski definition) is 1. The molecule has 0 saturated heterocycles. The lowest BCUT2D eigenvalue weighted by atomic mass is 10.4. The van der Waals surface area contributed by atoms with Crippen molar-refractivity contribution in [1.29, 1.82) is 0 Å². The van der Waals surface area contributed by atoms with Gasteiger partial charge in [-0.1, -0.05) is 13.1 Å². The van der Waals surface area contributed by atoms with Crippen LogP contribution < -0.4 is 5.73 Å². The van der Waals surface area contributed by atoms with E-state index >= 15 is 0 Å². The van der Waals surface area contributed by atoms with Crippen LogP contribution in [0.5, 0.6) is 0 Å². The van der Waals surface area contributed by atoms with Crippen LogP contribution in [0.2, 0.25) is 19.1 Å². The van der Waals surface area contributed by atoms with Gasteiger partial charge in [0.2, 0.25) is 0 Å². The highest BCUT2D eigenvalue weighted by Gasteiger charge is 2.26. The Bertz CT molecular complexity index is 163. The van der Waals surface area contributed by atoms with E-state index in [1.165, 1.54) is 7.11 Å². The number of carbonyl (C=O) groups excluding carboxylic acids is 1. The Morgan fingerprint density at radius 1 is 1.67 bits per heavy atom. The Morgan fingerprint density at radius 3 is 2.50 bits per heavy atom. The van der Waals surface area contributed by atoms with Gasteiger partial charge in [0.05, 0.1) is 15.2 Å². The molecule has 0 spiro atoms. The fraction of sp³-hybridized carbons (Fsp3) is 0.857. The standard InChI is InChI=1S/C7H16ClNO2Si/c1-11-7(10)6(9)4-12(2,3)5-8/h6H,4-5,9H2,1-3H3/t6-/m0/s1. The highest BCUT2D eigenvalue weighted by Crippen LogP contribution is 2.13. The van der Waals surface area contributed by atoms with E-state index in [2.05, 4.69) is 17.8 Å². The first-order valence-corrected chi connectivity index (χ1v) is 7.77. The molecule has 0 aliphatic rings. The third kappa shape index (κ3) is 4.09. The quantitative estimate of drug-likeness (QED) is 0.427. The number of carbonyl (C=O) groups is 1. The second-order valence-electron chi connectivity index (χ2n) is 3.63. The van der Waals surface area contributed by atoms with Crippen LogP contribution in [-0.4, -0.2) is 32.7 Å². The van der Waals surface area contributed by atoms with Gasteiger partial charge in [0.25, 0.3) is 0 Å². The van der Waals surface area contributed by atoms with E-state index in [9.17, 15) is 4.79 Å². The zero-order valence-corrected chi connectivity index (χ0v) is 9.52. The molecule has 0 aliphatic heterocycles. The molecule has 3 nitrogen and oxygen atoms in total. The van der Waals surface area contributed by atoms with Crippen molar-refractivity contribution in [3.8, 4) is 0 Å². The molecule has 5 heteroatoms. The van der Waals surface area contributed by atoms with Gasteiger partial charge in [0.1, 0.15) is 6.04 Å². The predicted octanol–water partition coefficient (Wildman–Crippen LogP) is 0.973. The van der Waals surface area contributed by atoms with E-state index in [0.29, 0.717) is 11.5 Å². The highest BCUT2D eigenvalue weighted by molar-refractivity contribution is 6.83. The lowest BCUT2D eigenvalue weighted by molar-refractivity contribution is -0.141. The molecule has 12 heavy (non-hydrogen) atoms. The average molecular weight is 210 g/mol. The van der Waals surface area contributed by atoms with Gasteiger partial charge in [0, 0.05) is 5.50 Å². The zero-order chi connectivity index (χ0) is 9.78. The minimum absolute atomic E-state index is 0.347. The van der Waals surface area contributed by atoms with E-state index in [0.717, 1.165) is 0 Å². The van der Waals surface area contributed by atoms with Crippen LogP contribution in [0.15, 0.2) is 0 Å². The van der Waals surface area contributed by atoms with Gasteiger partial charge < -0.3 is 10.5 Å². The van der Waals surface area contributed by atoms with Gasteiger partial charge in [-0.3, -0.25) is 4.79 Å². The minimum Gasteiger partial charge on any atom is -0.468 e. The molecule has 0 radical (unpaired) electrons. The van der Waals surface area contributed by atoms with Crippen LogP contribution in [0.1, 0.15) is 0 Å².